The number of unbranched alkanes of at least 4 members (excludes halogenated alkanes) is 25. The van der Waals surface area contributed by atoms with Gasteiger partial charge in [0.2, 0.25) is 5.91 Å². The molecule has 17 unspecified atom stereocenters. The van der Waals surface area contributed by atoms with Crippen LogP contribution in [0.3, 0.4) is 0 Å². The van der Waals surface area contributed by atoms with Gasteiger partial charge in [-0.2, -0.15) is 0 Å². The maximum Gasteiger partial charge on any atom is 0.220 e. The van der Waals surface area contributed by atoms with Crippen molar-refractivity contribution in [1.29, 1.82) is 0 Å². The third-order valence-corrected chi connectivity index (χ3v) is 18.9. The number of carbonyl (C=O) groups excluding carboxylic acids is 1. The molecule has 3 fully saturated rings. The van der Waals surface area contributed by atoms with Crippen molar-refractivity contribution in [1.82, 2.24) is 5.32 Å². The van der Waals surface area contributed by atoms with E-state index in [1.54, 1.807) is 6.08 Å². The number of rotatable bonds is 61. The molecule has 3 aliphatic rings. The van der Waals surface area contributed by atoms with Crippen LogP contribution in [0.25, 0.3) is 0 Å². The molecule has 19 heteroatoms. The maximum absolute atomic E-state index is 13.5. The average Bonchev–Trinajstić information content (AvgIpc) is 0.781. The van der Waals surface area contributed by atoms with Crippen LogP contribution in [0.5, 0.6) is 0 Å². The Hall–Kier alpha value is -4.07. The van der Waals surface area contributed by atoms with Gasteiger partial charge in [0.25, 0.3) is 0 Å². The molecule has 0 saturated carbocycles. The van der Waals surface area contributed by atoms with Gasteiger partial charge in [-0.15, -0.1) is 0 Å². The van der Waals surface area contributed by atoms with E-state index in [0.29, 0.717) is 12.8 Å². The number of ether oxygens (including phenoxy) is 6. The Morgan fingerprint density at radius 2 is 0.680 bits per heavy atom. The Labute approximate surface area is 620 Å². The van der Waals surface area contributed by atoms with Gasteiger partial charge >= 0.3 is 0 Å². The van der Waals surface area contributed by atoms with E-state index in [4.69, 9.17) is 28.4 Å². The zero-order chi connectivity index (χ0) is 74.6. The number of carbonyl (C=O) groups is 1. The van der Waals surface area contributed by atoms with Gasteiger partial charge in [0.05, 0.1) is 38.6 Å². The summed E-state index contributed by atoms with van der Waals surface area (Å²) < 4.78 is 34.4. The normalized spacial score (nSPS) is 26.8. The van der Waals surface area contributed by atoms with Crippen molar-refractivity contribution in [3.05, 3.63) is 134 Å². The summed E-state index contributed by atoms with van der Waals surface area (Å²) in [6, 6.07) is -1.01. The van der Waals surface area contributed by atoms with Crippen LogP contribution in [0, 0.1) is 0 Å². The number of nitrogens with one attached hydrogen (secondary N) is 1. The summed E-state index contributed by atoms with van der Waals surface area (Å²) in [4.78, 5) is 13.5. The lowest BCUT2D eigenvalue weighted by Crippen LogP contribution is -2.66. The quantitative estimate of drug-likeness (QED) is 0.0199. The predicted octanol–water partition coefficient (Wildman–Crippen LogP) is 13.3. The zero-order valence-corrected chi connectivity index (χ0v) is 63.0. The van der Waals surface area contributed by atoms with Crippen LogP contribution in [0.1, 0.15) is 258 Å². The molecule has 1 amide bonds. The van der Waals surface area contributed by atoms with Crippen molar-refractivity contribution >= 4 is 5.91 Å². The van der Waals surface area contributed by atoms with Crippen LogP contribution in [-0.4, -0.2) is 193 Å². The molecule has 3 saturated heterocycles. The average molecular weight is 1450 g/mol. The van der Waals surface area contributed by atoms with Crippen molar-refractivity contribution in [3.63, 3.8) is 0 Å². The molecule has 3 aliphatic heterocycles. The van der Waals surface area contributed by atoms with E-state index >= 15 is 0 Å². The topological polar surface area (TPSA) is 307 Å². The van der Waals surface area contributed by atoms with Crippen LogP contribution in [-0.2, 0) is 33.2 Å². The van der Waals surface area contributed by atoms with E-state index in [1.807, 2.05) is 6.08 Å². The smallest absolute Gasteiger partial charge is 0.220 e. The molecule has 0 aromatic carbocycles. The van der Waals surface area contributed by atoms with Crippen LogP contribution < -0.4 is 5.32 Å². The first kappa shape index (κ1) is 93.1. The third-order valence-electron chi connectivity index (χ3n) is 18.9. The molecular formula is C84H141NO18. The summed E-state index contributed by atoms with van der Waals surface area (Å²) in [6.45, 7) is 1.59. The summed E-state index contributed by atoms with van der Waals surface area (Å²) in [5, 5.41) is 121. The van der Waals surface area contributed by atoms with Gasteiger partial charge in [-0.25, -0.2) is 0 Å². The highest BCUT2D eigenvalue weighted by atomic mass is 16.8. The zero-order valence-electron chi connectivity index (χ0n) is 63.0. The highest BCUT2D eigenvalue weighted by Crippen LogP contribution is 2.33. The second-order valence-corrected chi connectivity index (χ2v) is 27.8. The highest BCUT2D eigenvalue weighted by Gasteiger charge is 2.53. The first-order chi connectivity index (χ1) is 50.3. The molecule has 0 bridgehead atoms. The number of allylic oxidation sites excluding steroid dienone is 21. The molecule has 590 valence electrons. The minimum atomic E-state index is -1.99. The van der Waals surface area contributed by atoms with Crippen LogP contribution in [0.2, 0.25) is 0 Å². The molecular weight excluding hydrogens is 1310 g/mol. The Balaban J connectivity index is 1.37. The van der Waals surface area contributed by atoms with E-state index in [2.05, 4.69) is 141 Å². The fraction of sp³-hybridized carbons (Fsp3) is 0.726. The Bertz CT molecular complexity index is 2380. The number of hydrogen-bond donors (Lipinski definition) is 12. The molecule has 103 heavy (non-hydrogen) atoms. The molecule has 19 nitrogen and oxygen atoms in total. The van der Waals surface area contributed by atoms with Gasteiger partial charge in [0.1, 0.15) is 73.2 Å². The molecule has 0 radical (unpaired) electrons. The first-order valence-electron chi connectivity index (χ1n) is 39.9. The molecule has 3 heterocycles. The fourth-order valence-corrected chi connectivity index (χ4v) is 12.5. The SMILES string of the molecule is CC/C=C\C/C=C\C/C=C\C/C=C\C/C=C\C/C=C\C/C=C\C/C=C\CCCCCCCCCCCCCCC(=O)NC(COC1OC(CO)C(OC2OC(CO)C(OC3OC(CO)C(O)C(O)C3O)C(O)C2O)C(O)C1O)C(O)/C=C/CC/C=C/CC/C=C/CCCCCCCCCCCCC. The summed E-state index contributed by atoms with van der Waals surface area (Å²) >= 11 is 0. The molecule has 12 N–H and O–H groups in total. The predicted molar refractivity (Wildman–Crippen MR) is 410 cm³/mol. The van der Waals surface area contributed by atoms with Gasteiger partial charge in [-0.1, -0.05) is 276 Å². The van der Waals surface area contributed by atoms with E-state index in [9.17, 15) is 61.0 Å². The lowest BCUT2D eigenvalue weighted by Gasteiger charge is -2.48. The number of aliphatic hydroxyl groups is 11. The summed E-state index contributed by atoms with van der Waals surface area (Å²) in [6.07, 6.45) is 62.9. The van der Waals surface area contributed by atoms with Crippen molar-refractivity contribution in [2.24, 2.45) is 0 Å². The number of aliphatic hydroxyl groups excluding tert-OH is 11. The van der Waals surface area contributed by atoms with Gasteiger partial charge in [-0.05, 0) is 109 Å². The second kappa shape index (κ2) is 62.9. The minimum absolute atomic E-state index is 0.221. The van der Waals surface area contributed by atoms with E-state index in [0.717, 1.165) is 109 Å². The molecule has 0 aromatic heterocycles. The number of hydrogen-bond acceptors (Lipinski definition) is 18. The van der Waals surface area contributed by atoms with E-state index < -0.39 is 124 Å². The van der Waals surface area contributed by atoms with Crippen molar-refractivity contribution in [2.75, 3.05) is 26.4 Å². The monoisotopic (exact) mass is 1450 g/mol. The summed E-state index contributed by atoms with van der Waals surface area (Å²) in [5.41, 5.74) is 0. The highest BCUT2D eigenvalue weighted by molar-refractivity contribution is 5.76. The van der Waals surface area contributed by atoms with Gasteiger partial charge in [-0.3, -0.25) is 4.79 Å². The van der Waals surface area contributed by atoms with Crippen molar-refractivity contribution in [3.8, 4) is 0 Å². The van der Waals surface area contributed by atoms with Gasteiger partial charge in [0, 0.05) is 6.42 Å². The van der Waals surface area contributed by atoms with Gasteiger partial charge < -0.3 is 89.9 Å². The minimum Gasteiger partial charge on any atom is -0.394 e. The van der Waals surface area contributed by atoms with Crippen LogP contribution >= 0.6 is 0 Å². The fourth-order valence-electron chi connectivity index (χ4n) is 12.5. The summed E-state index contributed by atoms with van der Waals surface area (Å²) in [7, 11) is 0. The molecule has 0 spiro atoms. The van der Waals surface area contributed by atoms with Crippen molar-refractivity contribution in [2.45, 2.75) is 362 Å². The molecule has 0 aromatic rings. The molecule has 17 atom stereocenters. The third kappa shape index (κ3) is 42.9. The lowest BCUT2D eigenvalue weighted by molar-refractivity contribution is -0.379. The van der Waals surface area contributed by atoms with Crippen LogP contribution in [0.4, 0.5) is 0 Å². The molecule has 0 aliphatic carbocycles. The lowest BCUT2D eigenvalue weighted by atomic mass is 9.96. The van der Waals surface area contributed by atoms with Crippen LogP contribution in [0.15, 0.2) is 134 Å². The maximum atomic E-state index is 13.5. The van der Waals surface area contributed by atoms with Crippen molar-refractivity contribution < 1.29 is 89.4 Å². The first-order valence-corrected chi connectivity index (χ1v) is 39.9. The summed E-state index contributed by atoms with van der Waals surface area (Å²) in [5.74, 6) is -0.296. The Morgan fingerprint density at radius 1 is 0.359 bits per heavy atom. The molecule has 3 rings (SSSR count). The Kier molecular flexibility index (Phi) is 56.9. The second-order valence-electron chi connectivity index (χ2n) is 27.8. The number of amides is 1. The van der Waals surface area contributed by atoms with E-state index in [1.165, 1.54) is 116 Å². The standard InChI is InChI=1S/C84H141NO18/c1-3-5-7-9-11-13-15-17-19-21-23-25-26-27-28-29-30-31-32-33-34-35-36-37-38-39-40-42-44-46-48-50-52-54-56-58-60-62-72(90)85-67(68(89)61-59-57-55-53-51-49-47-45-43-41-24-22-20-18-16-14-12-10-8-6-4-2)66-98-82-78(96)75(93)80(70(64-87)100-82)103-84-79(97)76(94)81(71(65-88)101-84)102-83-77(95)74(92)73(91)69(63-86)99-83/h5,7,11,13,17,19,23,25,27-28,30-31,33-34,36-37,43,45,51,53,59,61,67-71,73-84,86-89,91-97H,3-4,6,8-10,12,14-16,18,20-22,24,26,29,32,35,38-42,44,46-50,52,54-58,60,62-66H2,1-2H3,(H,85,90)/b7-5-,13-11-,19-17-,25-23-,28-27-,31-30-,34-33-,37-36-,45-43+,53-51+,61-59+. The largest absolute Gasteiger partial charge is 0.394 e. The Morgan fingerprint density at radius 3 is 1.09 bits per heavy atom. The van der Waals surface area contributed by atoms with Gasteiger partial charge in [0.15, 0.2) is 18.9 Å². The van der Waals surface area contributed by atoms with E-state index in [-0.39, 0.29) is 18.9 Å².